The molecule has 2 aromatic heterocycles. The van der Waals surface area contributed by atoms with E-state index in [1.54, 1.807) is 16.6 Å². The van der Waals surface area contributed by atoms with Crippen molar-refractivity contribution in [1.29, 1.82) is 5.26 Å². The summed E-state index contributed by atoms with van der Waals surface area (Å²) in [4.78, 5) is 8.72. The molecule has 2 aromatic carbocycles. The molecule has 11 heteroatoms. The SMILES string of the molecule is CCn1nc2c(F)cc(N3CCNCC3)cc2c1N(C)c1nc(-c2ccc(F)c(F)c2)c(C#N)s1. The van der Waals surface area contributed by atoms with E-state index in [1.165, 1.54) is 12.1 Å². The second-order valence-corrected chi connectivity index (χ2v) is 9.15. The molecular weight excluding hydrogens is 475 g/mol. The van der Waals surface area contributed by atoms with Gasteiger partial charge in [0.15, 0.2) is 22.6 Å². The summed E-state index contributed by atoms with van der Waals surface area (Å²) in [5.41, 5.74) is 1.60. The quantitative estimate of drug-likeness (QED) is 0.433. The molecule has 3 heterocycles. The second kappa shape index (κ2) is 9.20. The van der Waals surface area contributed by atoms with Crippen LogP contribution >= 0.6 is 11.3 Å². The van der Waals surface area contributed by atoms with Crippen molar-refractivity contribution in [3.63, 3.8) is 0 Å². The Bertz CT molecular complexity index is 1450. The number of fused-ring (bicyclic) bond motifs is 1. The lowest BCUT2D eigenvalue weighted by molar-refractivity contribution is 0.509. The van der Waals surface area contributed by atoms with Gasteiger partial charge in [-0.15, -0.1) is 0 Å². The highest BCUT2D eigenvalue weighted by atomic mass is 32.1. The minimum absolute atomic E-state index is 0.255. The average Bonchev–Trinajstić information content (AvgIpc) is 3.48. The summed E-state index contributed by atoms with van der Waals surface area (Å²) in [7, 11) is 1.77. The monoisotopic (exact) mass is 497 g/mol. The standard InChI is InChI=1S/C24H22F3N7S/c1-3-34-23(16-11-15(12-19(27)22(16)31-34)33-8-6-29-7-9-33)32(2)24-30-21(20(13-28)35-24)14-4-5-17(25)18(26)10-14/h4-5,10-12,29H,3,6-9H2,1-2H3. The summed E-state index contributed by atoms with van der Waals surface area (Å²) in [6.07, 6.45) is 0. The van der Waals surface area contributed by atoms with E-state index in [9.17, 15) is 14.0 Å². The largest absolute Gasteiger partial charge is 0.369 e. The van der Waals surface area contributed by atoms with Crippen LogP contribution in [0, 0.1) is 28.8 Å². The number of nitrogens with one attached hydrogen (secondary N) is 1. The molecule has 0 radical (unpaired) electrons. The first-order valence-electron chi connectivity index (χ1n) is 11.2. The normalized spacial score (nSPS) is 13.9. The fourth-order valence-corrected chi connectivity index (χ4v) is 5.15. The molecule has 1 aliphatic heterocycles. The number of anilines is 3. The molecule has 180 valence electrons. The van der Waals surface area contributed by atoms with Gasteiger partial charge in [-0.1, -0.05) is 11.3 Å². The Labute approximate surface area is 204 Å². The number of aromatic nitrogens is 3. The van der Waals surface area contributed by atoms with Gasteiger partial charge in [0.25, 0.3) is 0 Å². The van der Waals surface area contributed by atoms with Gasteiger partial charge in [0.1, 0.15) is 28.0 Å². The molecule has 0 bridgehead atoms. The van der Waals surface area contributed by atoms with Crippen LogP contribution in [0.2, 0.25) is 0 Å². The number of thiazole rings is 1. The number of piperazine rings is 1. The molecule has 0 spiro atoms. The Balaban J connectivity index is 1.62. The van der Waals surface area contributed by atoms with E-state index >= 15 is 4.39 Å². The predicted molar refractivity (Wildman–Crippen MR) is 131 cm³/mol. The van der Waals surface area contributed by atoms with Crippen LogP contribution in [0.4, 0.5) is 29.8 Å². The Morgan fingerprint density at radius 2 is 1.89 bits per heavy atom. The first-order chi connectivity index (χ1) is 16.9. The topological polar surface area (TPSA) is 73.0 Å². The molecule has 1 fully saturated rings. The van der Waals surface area contributed by atoms with Gasteiger partial charge in [0.05, 0.1) is 0 Å². The number of hydrogen-bond donors (Lipinski definition) is 1. The molecule has 5 rings (SSSR count). The minimum Gasteiger partial charge on any atom is -0.369 e. The van der Waals surface area contributed by atoms with Gasteiger partial charge in [0.2, 0.25) is 0 Å². The maximum absolute atomic E-state index is 15.2. The van der Waals surface area contributed by atoms with Gasteiger partial charge < -0.3 is 15.1 Å². The zero-order chi connectivity index (χ0) is 24.7. The molecule has 0 saturated carbocycles. The van der Waals surface area contributed by atoms with Crippen LogP contribution in [-0.4, -0.2) is 48.0 Å². The van der Waals surface area contributed by atoms with Crippen molar-refractivity contribution in [2.45, 2.75) is 13.5 Å². The van der Waals surface area contributed by atoms with Crippen molar-refractivity contribution in [2.75, 3.05) is 43.0 Å². The van der Waals surface area contributed by atoms with Gasteiger partial charge in [-0.05, 0) is 37.3 Å². The fourth-order valence-electron chi connectivity index (χ4n) is 4.30. The van der Waals surface area contributed by atoms with E-state index in [1.807, 2.05) is 13.0 Å². The summed E-state index contributed by atoms with van der Waals surface area (Å²) < 4.78 is 44.1. The van der Waals surface area contributed by atoms with Crippen molar-refractivity contribution in [3.8, 4) is 17.3 Å². The van der Waals surface area contributed by atoms with E-state index in [2.05, 4.69) is 26.4 Å². The third-order valence-corrected chi connectivity index (χ3v) is 7.09. The molecule has 0 unspecified atom stereocenters. The highest BCUT2D eigenvalue weighted by Crippen LogP contribution is 2.39. The van der Waals surface area contributed by atoms with Crippen molar-refractivity contribution in [2.24, 2.45) is 0 Å². The molecule has 0 atom stereocenters. The van der Waals surface area contributed by atoms with Crippen LogP contribution in [0.15, 0.2) is 30.3 Å². The summed E-state index contributed by atoms with van der Waals surface area (Å²) >= 11 is 1.12. The molecule has 1 N–H and O–H groups in total. The van der Waals surface area contributed by atoms with Gasteiger partial charge in [-0.3, -0.25) is 0 Å². The molecule has 0 amide bonds. The van der Waals surface area contributed by atoms with Crippen LogP contribution in [0.25, 0.3) is 22.2 Å². The summed E-state index contributed by atoms with van der Waals surface area (Å²) in [6, 6.07) is 8.96. The number of benzene rings is 2. The van der Waals surface area contributed by atoms with E-state index in [4.69, 9.17) is 0 Å². The van der Waals surface area contributed by atoms with Gasteiger partial charge >= 0.3 is 0 Å². The first-order valence-corrected chi connectivity index (χ1v) is 12.0. The minimum atomic E-state index is -1.01. The number of aryl methyl sites for hydroxylation is 1. The molecular formula is C24H22F3N7S. The van der Waals surface area contributed by atoms with E-state index < -0.39 is 17.5 Å². The molecule has 1 saturated heterocycles. The number of nitrogens with zero attached hydrogens (tertiary/aromatic N) is 6. The number of hydrogen-bond acceptors (Lipinski definition) is 7. The highest BCUT2D eigenvalue weighted by Gasteiger charge is 2.24. The first kappa shape index (κ1) is 23.1. The van der Waals surface area contributed by atoms with Crippen molar-refractivity contribution >= 4 is 38.9 Å². The predicted octanol–water partition coefficient (Wildman–Crippen LogP) is 4.65. The Morgan fingerprint density at radius 1 is 1.11 bits per heavy atom. The van der Waals surface area contributed by atoms with E-state index in [0.29, 0.717) is 28.4 Å². The lowest BCUT2D eigenvalue weighted by atomic mass is 10.1. The lowest BCUT2D eigenvalue weighted by Crippen LogP contribution is -2.43. The number of halogens is 3. The second-order valence-electron chi connectivity index (χ2n) is 8.17. The number of nitriles is 1. The number of rotatable bonds is 5. The molecule has 35 heavy (non-hydrogen) atoms. The van der Waals surface area contributed by atoms with Crippen LogP contribution < -0.4 is 15.1 Å². The van der Waals surface area contributed by atoms with Crippen molar-refractivity contribution < 1.29 is 13.2 Å². The van der Waals surface area contributed by atoms with Gasteiger partial charge in [-0.25, -0.2) is 22.8 Å². The Hall–Kier alpha value is -3.62. The van der Waals surface area contributed by atoms with Gasteiger partial charge in [-0.2, -0.15) is 10.4 Å². The third-order valence-electron chi connectivity index (χ3n) is 6.05. The summed E-state index contributed by atoms with van der Waals surface area (Å²) in [5.74, 6) is -1.76. The summed E-state index contributed by atoms with van der Waals surface area (Å²) in [6.45, 7) is 5.59. The Morgan fingerprint density at radius 3 is 2.57 bits per heavy atom. The van der Waals surface area contributed by atoms with Crippen LogP contribution in [-0.2, 0) is 6.54 Å². The zero-order valence-electron chi connectivity index (χ0n) is 19.1. The van der Waals surface area contributed by atoms with Crippen molar-refractivity contribution in [3.05, 3.63) is 52.7 Å². The average molecular weight is 498 g/mol. The third kappa shape index (κ3) is 4.09. The molecule has 0 aliphatic carbocycles. The molecule has 7 nitrogen and oxygen atoms in total. The van der Waals surface area contributed by atoms with Crippen LogP contribution in [0.5, 0.6) is 0 Å². The van der Waals surface area contributed by atoms with E-state index in [0.717, 1.165) is 55.3 Å². The zero-order valence-corrected chi connectivity index (χ0v) is 20.0. The lowest BCUT2D eigenvalue weighted by Gasteiger charge is -2.29. The fraction of sp³-hybridized carbons (Fsp3) is 0.292. The highest BCUT2D eigenvalue weighted by molar-refractivity contribution is 7.16. The summed E-state index contributed by atoms with van der Waals surface area (Å²) in [5, 5.41) is 18.5. The van der Waals surface area contributed by atoms with Crippen LogP contribution in [0.3, 0.4) is 0 Å². The van der Waals surface area contributed by atoms with Crippen LogP contribution in [0.1, 0.15) is 11.8 Å². The maximum atomic E-state index is 15.2. The smallest absolute Gasteiger partial charge is 0.192 e. The van der Waals surface area contributed by atoms with Crippen molar-refractivity contribution in [1.82, 2.24) is 20.1 Å². The molecule has 1 aliphatic rings. The maximum Gasteiger partial charge on any atom is 0.192 e. The van der Waals surface area contributed by atoms with E-state index in [-0.39, 0.29) is 16.1 Å². The molecule has 4 aromatic rings. The Kier molecular flexibility index (Phi) is 6.08. The van der Waals surface area contributed by atoms with Gasteiger partial charge in [0, 0.05) is 56.4 Å².